The fourth-order valence-electron chi connectivity index (χ4n) is 2.56. The number of aromatic nitrogens is 3. The Hall–Kier alpha value is -3.47. The van der Waals surface area contributed by atoms with E-state index in [1.54, 1.807) is 31.2 Å². The molecule has 2 aromatic carbocycles. The number of benzene rings is 2. The van der Waals surface area contributed by atoms with Gasteiger partial charge in [-0.05, 0) is 49.4 Å². The number of anilines is 1. The maximum absolute atomic E-state index is 12.5. The van der Waals surface area contributed by atoms with Gasteiger partial charge in [-0.25, -0.2) is 4.98 Å². The quantitative estimate of drug-likeness (QED) is 0.483. The Morgan fingerprint density at radius 3 is 2.60 bits per heavy atom. The fourth-order valence-corrected chi connectivity index (χ4v) is 3.45. The first-order valence-electron chi connectivity index (χ1n) is 8.59. The van der Waals surface area contributed by atoms with E-state index in [9.17, 15) is 18.0 Å². The Morgan fingerprint density at radius 1 is 1.17 bits per heavy atom. The van der Waals surface area contributed by atoms with E-state index in [-0.39, 0.29) is 11.7 Å². The second-order valence-electron chi connectivity index (χ2n) is 6.23. The summed E-state index contributed by atoms with van der Waals surface area (Å²) in [6, 6.07) is 11.0. The molecular weight excluding hydrogens is 421 g/mol. The molecule has 154 valence electrons. The van der Waals surface area contributed by atoms with Crippen LogP contribution in [-0.4, -0.2) is 33.8 Å². The van der Waals surface area contributed by atoms with Crippen molar-refractivity contribution < 1.29 is 27.2 Å². The van der Waals surface area contributed by atoms with Crippen LogP contribution in [0.1, 0.15) is 16.2 Å². The maximum atomic E-state index is 12.5. The molecule has 30 heavy (non-hydrogen) atoms. The number of nitrogens with one attached hydrogen (secondary N) is 1. The predicted molar refractivity (Wildman–Crippen MR) is 104 cm³/mol. The summed E-state index contributed by atoms with van der Waals surface area (Å²) in [5.74, 6) is 0.563. The van der Waals surface area contributed by atoms with Gasteiger partial charge in [0.05, 0.1) is 10.2 Å². The molecule has 4 aromatic rings. The van der Waals surface area contributed by atoms with Crippen LogP contribution in [0.3, 0.4) is 0 Å². The van der Waals surface area contributed by atoms with Crippen molar-refractivity contribution in [3.63, 3.8) is 0 Å². The SMILES string of the molecule is Cc1noc(-c2ccc(C(=O)Nc3nc4ccc(OCC(F)(F)F)cc4s3)cc2)n1. The van der Waals surface area contributed by atoms with Crippen molar-refractivity contribution >= 4 is 32.6 Å². The average molecular weight is 434 g/mol. The van der Waals surface area contributed by atoms with Crippen LogP contribution in [0.25, 0.3) is 21.7 Å². The first-order chi connectivity index (χ1) is 14.3. The lowest BCUT2D eigenvalue weighted by Gasteiger charge is -2.08. The van der Waals surface area contributed by atoms with Crippen molar-refractivity contribution in [1.29, 1.82) is 0 Å². The van der Waals surface area contributed by atoms with Gasteiger partial charge >= 0.3 is 6.18 Å². The zero-order valence-electron chi connectivity index (χ0n) is 15.4. The molecule has 0 unspecified atom stereocenters. The van der Waals surface area contributed by atoms with E-state index < -0.39 is 12.8 Å². The third-order valence-electron chi connectivity index (χ3n) is 3.90. The largest absolute Gasteiger partial charge is 0.484 e. The molecule has 0 saturated heterocycles. The minimum absolute atomic E-state index is 0.0770. The highest BCUT2D eigenvalue weighted by Gasteiger charge is 2.28. The molecule has 1 N–H and O–H groups in total. The van der Waals surface area contributed by atoms with E-state index in [1.807, 2.05) is 0 Å². The van der Waals surface area contributed by atoms with Gasteiger partial charge in [0.1, 0.15) is 5.75 Å². The minimum atomic E-state index is -4.42. The average Bonchev–Trinajstić information content (AvgIpc) is 3.31. The minimum Gasteiger partial charge on any atom is -0.484 e. The third-order valence-corrected chi connectivity index (χ3v) is 4.84. The summed E-state index contributed by atoms with van der Waals surface area (Å²) in [6.07, 6.45) is -4.42. The van der Waals surface area contributed by atoms with Crippen LogP contribution < -0.4 is 10.1 Å². The number of aryl methyl sites for hydroxylation is 1. The summed E-state index contributed by atoms with van der Waals surface area (Å²) in [5.41, 5.74) is 1.61. The molecule has 2 aromatic heterocycles. The fraction of sp³-hybridized carbons (Fsp3) is 0.158. The molecule has 0 atom stereocenters. The Kier molecular flexibility index (Phi) is 5.12. The number of nitrogens with zero attached hydrogens (tertiary/aromatic N) is 3. The topological polar surface area (TPSA) is 90.1 Å². The molecule has 0 spiro atoms. The summed E-state index contributed by atoms with van der Waals surface area (Å²) >= 11 is 1.13. The normalized spacial score (nSPS) is 11.6. The van der Waals surface area contributed by atoms with Crippen molar-refractivity contribution in [2.24, 2.45) is 0 Å². The summed E-state index contributed by atoms with van der Waals surface area (Å²) in [4.78, 5) is 20.9. The van der Waals surface area contributed by atoms with Gasteiger partial charge in [-0.3, -0.25) is 10.1 Å². The third kappa shape index (κ3) is 4.57. The first-order valence-corrected chi connectivity index (χ1v) is 9.41. The molecule has 2 heterocycles. The number of halogens is 3. The zero-order chi connectivity index (χ0) is 21.3. The van der Waals surface area contributed by atoms with E-state index in [0.29, 0.717) is 38.2 Å². The zero-order valence-corrected chi connectivity index (χ0v) is 16.2. The second kappa shape index (κ2) is 7.75. The number of ether oxygens (including phenoxy) is 1. The van der Waals surface area contributed by atoms with Crippen molar-refractivity contribution in [2.45, 2.75) is 13.1 Å². The number of hydrogen-bond donors (Lipinski definition) is 1. The van der Waals surface area contributed by atoms with Crippen molar-refractivity contribution in [2.75, 3.05) is 11.9 Å². The number of carbonyl (C=O) groups is 1. The molecule has 0 fully saturated rings. The van der Waals surface area contributed by atoms with Crippen LogP contribution in [0.2, 0.25) is 0 Å². The molecule has 1 amide bonds. The Balaban J connectivity index is 1.46. The van der Waals surface area contributed by atoms with Gasteiger partial charge in [0, 0.05) is 11.1 Å². The molecule has 0 bridgehead atoms. The van der Waals surface area contributed by atoms with Gasteiger partial charge in [0.2, 0.25) is 0 Å². The number of rotatable bonds is 5. The molecule has 0 aliphatic rings. The van der Waals surface area contributed by atoms with E-state index in [4.69, 9.17) is 9.26 Å². The van der Waals surface area contributed by atoms with Crippen molar-refractivity contribution in [1.82, 2.24) is 15.1 Å². The Morgan fingerprint density at radius 2 is 1.93 bits per heavy atom. The predicted octanol–water partition coefficient (Wildman–Crippen LogP) is 4.85. The molecular formula is C19H13F3N4O3S. The van der Waals surface area contributed by atoms with E-state index >= 15 is 0 Å². The van der Waals surface area contributed by atoms with Crippen LogP contribution >= 0.6 is 11.3 Å². The van der Waals surface area contributed by atoms with Crippen LogP contribution in [0.5, 0.6) is 5.75 Å². The molecule has 7 nitrogen and oxygen atoms in total. The first kappa shape index (κ1) is 19.8. The number of amides is 1. The van der Waals surface area contributed by atoms with Gasteiger partial charge in [0.25, 0.3) is 11.8 Å². The standard InChI is InChI=1S/C19H13F3N4O3S/c1-10-23-17(29-26-10)12-4-2-11(3-5-12)16(27)25-18-24-14-7-6-13(8-15(14)30-18)28-9-19(20,21)22/h2-8H,9H2,1H3,(H,24,25,27). The van der Waals surface area contributed by atoms with Gasteiger partial charge in [-0.2, -0.15) is 18.2 Å². The van der Waals surface area contributed by atoms with Gasteiger partial charge in [0.15, 0.2) is 17.6 Å². The lowest BCUT2D eigenvalue weighted by atomic mass is 10.1. The highest BCUT2D eigenvalue weighted by atomic mass is 32.1. The second-order valence-corrected chi connectivity index (χ2v) is 7.26. The van der Waals surface area contributed by atoms with Crippen LogP contribution in [0.4, 0.5) is 18.3 Å². The highest BCUT2D eigenvalue weighted by Crippen LogP contribution is 2.30. The number of alkyl halides is 3. The summed E-state index contributed by atoms with van der Waals surface area (Å²) in [7, 11) is 0. The monoisotopic (exact) mass is 434 g/mol. The van der Waals surface area contributed by atoms with Crippen molar-refractivity contribution in [3.05, 3.63) is 53.9 Å². The lowest BCUT2D eigenvalue weighted by molar-refractivity contribution is -0.153. The molecule has 11 heteroatoms. The lowest BCUT2D eigenvalue weighted by Crippen LogP contribution is -2.19. The van der Waals surface area contributed by atoms with Gasteiger partial charge < -0.3 is 9.26 Å². The summed E-state index contributed by atoms with van der Waals surface area (Å²) in [6.45, 7) is 0.332. The molecule has 0 saturated carbocycles. The molecule has 0 radical (unpaired) electrons. The summed E-state index contributed by atoms with van der Waals surface area (Å²) < 4.78 is 47.3. The smallest absolute Gasteiger partial charge is 0.422 e. The Bertz CT molecular complexity index is 1200. The molecule has 4 rings (SSSR count). The van der Waals surface area contributed by atoms with E-state index in [0.717, 1.165) is 11.3 Å². The number of thiazole rings is 1. The van der Waals surface area contributed by atoms with Crippen LogP contribution in [-0.2, 0) is 0 Å². The van der Waals surface area contributed by atoms with Crippen molar-refractivity contribution in [3.8, 4) is 17.2 Å². The number of carbonyl (C=O) groups excluding carboxylic acids is 1. The van der Waals surface area contributed by atoms with Crippen LogP contribution in [0, 0.1) is 6.92 Å². The summed E-state index contributed by atoms with van der Waals surface area (Å²) in [5, 5.41) is 6.72. The highest BCUT2D eigenvalue weighted by molar-refractivity contribution is 7.22. The van der Waals surface area contributed by atoms with E-state index in [2.05, 4.69) is 20.4 Å². The number of hydrogen-bond acceptors (Lipinski definition) is 7. The maximum Gasteiger partial charge on any atom is 0.422 e. The Labute approximate surface area is 171 Å². The van der Waals surface area contributed by atoms with E-state index in [1.165, 1.54) is 18.2 Å². The van der Waals surface area contributed by atoms with Gasteiger partial charge in [-0.1, -0.05) is 16.5 Å². The molecule has 0 aliphatic carbocycles. The van der Waals surface area contributed by atoms with Crippen LogP contribution in [0.15, 0.2) is 47.0 Å². The number of fused-ring (bicyclic) bond motifs is 1. The van der Waals surface area contributed by atoms with Gasteiger partial charge in [-0.15, -0.1) is 0 Å². The molecule has 0 aliphatic heterocycles.